The van der Waals surface area contributed by atoms with Gasteiger partial charge in [0, 0.05) is 37.6 Å². The fourth-order valence-electron chi connectivity index (χ4n) is 2.79. The van der Waals surface area contributed by atoms with Gasteiger partial charge in [-0.2, -0.15) is 0 Å². The van der Waals surface area contributed by atoms with Gasteiger partial charge in [0.25, 0.3) is 0 Å². The molecule has 2 N–H and O–H groups in total. The van der Waals surface area contributed by atoms with Gasteiger partial charge in [-0.3, -0.25) is 4.99 Å². The summed E-state index contributed by atoms with van der Waals surface area (Å²) in [5, 5.41) is 6.53. The van der Waals surface area contributed by atoms with E-state index in [1.54, 1.807) is 27.5 Å². The predicted molar refractivity (Wildman–Crippen MR) is 134 cm³/mol. The Kier molecular flexibility index (Phi) is 9.89. The first kappa shape index (κ1) is 24.3. The van der Waals surface area contributed by atoms with Crippen LogP contribution in [0.2, 0.25) is 0 Å². The summed E-state index contributed by atoms with van der Waals surface area (Å²) in [5.74, 6) is 2.53. The first-order valence-corrected chi connectivity index (χ1v) is 9.53. The molecule has 3 rings (SSSR count). The number of hydrogen-bond acceptors (Lipinski definition) is 5. The number of ether oxygens (including phenoxy) is 3. The van der Waals surface area contributed by atoms with Crippen LogP contribution in [0.15, 0.2) is 71.9 Å². The lowest BCUT2D eigenvalue weighted by Crippen LogP contribution is -2.30. The van der Waals surface area contributed by atoms with E-state index in [0.29, 0.717) is 36.5 Å². The maximum Gasteiger partial charge on any atom is 0.213 e. The maximum atomic E-state index is 5.80. The summed E-state index contributed by atoms with van der Waals surface area (Å²) < 4.78 is 16.4. The summed E-state index contributed by atoms with van der Waals surface area (Å²) in [4.78, 5) is 8.55. The predicted octanol–water partition coefficient (Wildman–Crippen LogP) is 4.48. The molecule has 0 atom stereocenters. The van der Waals surface area contributed by atoms with Gasteiger partial charge in [-0.05, 0) is 29.3 Å². The minimum atomic E-state index is 0. The Hall–Kier alpha value is -3.01. The number of anilines is 1. The SMILES string of the molecule is CN=C(NCc1ccnc(OCc2ccccc2)c1)Nc1ccc(OC)c(OC)c1.I. The van der Waals surface area contributed by atoms with Crippen LogP contribution in [-0.4, -0.2) is 32.2 Å². The van der Waals surface area contributed by atoms with Gasteiger partial charge in [0.2, 0.25) is 5.88 Å². The molecule has 0 amide bonds. The van der Waals surface area contributed by atoms with Crippen molar-refractivity contribution in [3.05, 3.63) is 78.0 Å². The summed E-state index contributed by atoms with van der Waals surface area (Å²) in [7, 11) is 4.94. The molecule has 1 heterocycles. The Bertz CT molecular complexity index is 984. The number of rotatable bonds is 8. The molecule has 7 nitrogen and oxygen atoms in total. The van der Waals surface area contributed by atoms with Crippen LogP contribution in [0.3, 0.4) is 0 Å². The second-order valence-electron chi connectivity index (χ2n) is 6.40. The van der Waals surface area contributed by atoms with Crippen molar-refractivity contribution in [3.63, 3.8) is 0 Å². The van der Waals surface area contributed by atoms with Gasteiger partial charge < -0.3 is 24.8 Å². The van der Waals surface area contributed by atoms with Crippen LogP contribution >= 0.6 is 24.0 Å². The average Bonchev–Trinajstić information content (AvgIpc) is 2.81. The molecule has 0 fully saturated rings. The summed E-state index contributed by atoms with van der Waals surface area (Å²) in [5.41, 5.74) is 2.97. The highest BCUT2D eigenvalue weighted by molar-refractivity contribution is 14.0. The lowest BCUT2D eigenvalue weighted by atomic mass is 10.2. The molecule has 0 radical (unpaired) electrons. The van der Waals surface area contributed by atoms with Gasteiger partial charge in [-0.25, -0.2) is 4.98 Å². The van der Waals surface area contributed by atoms with E-state index in [-0.39, 0.29) is 24.0 Å². The Morgan fingerprint density at radius 3 is 2.42 bits per heavy atom. The molecule has 0 aliphatic carbocycles. The normalized spacial score (nSPS) is 10.6. The van der Waals surface area contributed by atoms with Gasteiger partial charge in [-0.15, -0.1) is 24.0 Å². The Labute approximate surface area is 199 Å². The van der Waals surface area contributed by atoms with Crippen LogP contribution in [0.5, 0.6) is 17.4 Å². The van der Waals surface area contributed by atoms with Gasteiger partial charge in [0.1, 0.15) is 6.61 Å². The van der Waals surface area contributed by atoms with E-state index in [4.69, 9.17) is 14.2 Å². The summed E-state index contributed by atoms with van der Waals surface area (Å²) >= 11 is 0. The zero-order valence-corrected chi connectivity index (χ0v) is 20.1. The van der Waals surface area contributed by atoms with Crippen LogP contribution in [0.25, 0.3) is 0 Å². The maximum absolute atomic E-state index is 5.80. The van der Waals surface area contributed by atoms with E-state index in [1.165, 1.54) is 0 Å². The molecule has 1 aromatic heterocycles. The van der Waals surface area contributed by atoms with Gasteiger partial charge in [0.15, 0.2) is 17.5 Å². The molecule has 0 saturated carbocycles. The van der Waals surface area contributed by atoms with Crippen molar-refractivity contribution in [2.24, 2.45) is 4.99 Å². The highest BCUT2D eigenvalue weighted by Crippen LogP contribution is 2.29. The number of nitrogens with zero attached hydrogens (tertiary/aromatic N) is 2. The lowest BCUT2D eigenvalue weighted by Gasteiger charge is -2.14. The molecule has 164 valence electrons. The zero-order chi connectivity index (χ0) is 21.2. The molecule has 0 saturated heterocycles. The third kappa shape index (κ3) is 7.32. The highest BCUT2D eigenvalue weighted by Gasteiger charge is 2.07. The zero-order valence-electron chi connectivity index (χ0n) is 17.8. The number of aromatic nitrogens is 1. The van der Waals surface area contributed by atoms with Gasteiger partial charge in [-0.1, -0.05) is 30.3 Å². The molecule has 0 bridgehead atoms. The van der Waals surface area contributed by atoms with E-state index < -0.39 is 0 Å². The number of nitrogens with one attached hydrogen (secondary N) is 2. The molecule has 2 aromatic carbocycles. The second-order valence-corrected chi connectivity index (χ2v) is 6.40. The number of hydrogen-bond donors (Lipinski definition) is 2. The highest BCUT2D eigenvalue weighted by atomic mass is 127. The van der Waals surface area contributed by atoms with Crippen LogP contribution < -0.4 is 24.8 Å². The molecule has 3 aromatic rings. The first-order valence-electron chi connectivity index (χ1n) is 9.53. The summed E-state index contributed by atoms with van der Waals surface area (Å²) in [6.45, 7) is 1.05. The first-order chi connectivity index (χ1) is 14.7. The molecule has 0 aliphatic heterocycles. The van der Waals surface area contributed by atoms with Crippen LogP contribution in [0, 0.1) is 0 Å². The van der Waals surface area contributed by atoms with Crippen LogP contribution in [0.4, 0.5) is 5.69 Å². The van der Waals surface area contributed by atoms with Crippen LogP contribution in [0.1, 0.15) is 11.1 Å². The van der Waals surface area contributed by atoms with E-state index in [0.717, 1.165) is 16.8 Å². The monoisotopic (exact) mass is 534 g/mol. The van der Waals surface area contributed by atoms with Crippen molar-refractivity contribution in [2.45, 2.75) is 13.2 Å². The van der Waals surface area contributed by atoms with E-state index in [9.17, 15) is 0 Å². The summed E-state index contributed by atoms with van der Waals surface area (Å²) in [6, 6.07) is 19.5. The lowest BCUT2D eigenvalue weighted by molar-refractivity contribution is 0.293. The number of pyridine rings is 1. The topological polar surface area (TPSA) is 77.0 Å². The summed E-state index contributed by atoms with van der Waals surface area (Å²) in [6.07, 6.45) is 1.74. The molecule has 31 heavy (non-hydrogen) atoms. The van der Waals surface area contributed by atoms with Gasteiger partial charge >= 0.3 is 0 Å². The minimum absolute atomic E-state index is 0. The fourth-order valence-corrected chi connectivity index (χ4v) is 2.79. The standard InChI is InChI=1S/C23H26N4O3.HI/c1-24-23(27-19-9-10-20(28-2)21(14-19)29-3)26-15-18-11-12-25-22(13-18)30-16-17-7-5-4-6-8-17;/h4-14H,15-16H2,1-3H3,(H2,24,26,27);1H. The smallest absolute Gasteiger partial charge is 0.213 e. The fraction of sp³-hybridized carbons (Fsp3) is 0.217. The second kappa shape index (κ2) is 12.6. The molecule has 0 unspecified atom stereocenters. The quantitative estimate of drug-likeness (QED) is 0.252. The third-order valence-electron chi connectivity index (χ3n) is 4.36. The van der Waals surface area contributed by atoms with E-state index in [1.807, 2.05) is 60.7 Å². The van der Waals surface area contributed by atoms with E-state index >= 15 is 0 Å². The molecule has 0 aliphatic rings. The van der Waals surface area contributed by atoms with Crippen molar-refractivity contribution in [3.8, 4) is 17.4 Å². The Morgan fingerprint density at radius 2 is 1.71 bits per heavy atom. The molecular weight excluding hydrogens is 507 g/mol. The van der Waals surface area contributed by atoms with Gasteiger partial charge in [0.05, 0.1) is 14.2 Å². The van der Waals surface area contributed by atoms with Crippen LogP contribution in [-0.2, 0) is 13.2 Å². The molecular formula is C23H27IN4O3. The number of methoxy groups -OCH3 is 2. The number of aliphatic imine (C=N–C) groups is 1. The van der Waals surface area contributed by atoms with Crippen molar-refractivity contribution >= 4 is 35.6 Å². The Morgan fingerprint density at radius 1 is 0.935 bits per heavy atom. The number of guanidine groups is 1. The number of benzene rings is 2. The molecule has 0 spiro atoms. The largest absolute Gasteiger partial charge is 0.493 e. The van der Waals surface area contributed by atoms with Crippen molar-refractivity contribution in [1.82, 2.24) is 10.3 Å². The molecule has 8 heteroatoms. The number of halogens is 1. The van der Waals surface area contributed by atoms with Crippen molar-refractivity contribution in [2.75, 3.05) is 26.6 Å². The third-order valence-corrected chi connectivity index (χ3v) is 4.36. The van der Waals surface area contributed by atoms with Crippen molar-refractivity contribution in [1.29, 1.82) is 0 Å². The Balaban J connectivity index is 0.00000341. The average molecular weight is 534 g/mol. The van der Waals surface area contributed by atoms with Crippen molar-refractivity contribution < 1.29 is 14.2 Å². The van der Waals surface area contributed by atoms with E-state index in [2.05, 4.69) is 20.6 Å². The minimum Gasteiger partial charge on any atom is -0.493 e.